The van der Waals surface area contributed by atoms with Gasteiger partial charge in [0.2, 0.25) is 0 Å². The average Bonchev–Trinajstić information content (AvgIpc) is 2.67. The van der Waals surface area contributed by atoms with E-state index < -0.39 is 0 Å². The van der Waals surface area contributed by atoms with Crippen LogP contribution < -0.4 is 4.13 Å². The highest BCUT2D eigenvalue weighted by atomic mass is 32.2. The topological polar surface area (TPSA) is 46.2 Å². The summed E-state index contributed by atoms with van der Waals surface area (Å²) in [6.45, 7) is 2.25. The van der Waals surface area contributed by atoms with Crippen LogP contribution in [0.1, 0.15) is 46.9 Å². The molecule has 5 heteroatoms. The van der Waals surface area contributed by atoms with Gasteiger partial charge in [-0.15, -0.1) is 0 Å². The molecule has 1 aromatic rings. The molecule has 0 fully saturated rings. The Labute approximate surface area is 163 Å². The van der Waals surface area contributed by atoms with Crippen molar-refractivity contribution in [2.24, 2.45) is 17.8 Å². The van der Waals surface area contributed by atoms with Gasteiger partial charge in [0.1, 0.15) is 0 Å². The van der Waals surface area contributed by atoms with E-state index in [-0.39, 0.29) is 28.7 Å². The number of carbonyl (C=O) groups excluding carboxylic acids is 2. The van der Waals surface area contributed by atoms with Crippen LogP contribution in [0.4, 0.5) is 0 Å². The molecule has 0 bridgehead atoms. The Balaban J connectivity index is 1.38. The maximum atomic E-state index is 12.9. The summed E-state index contributed by atoms with van der Waals surface area (Å²) in [4.78, 5) is 25.6. The van der Waals surface area contributed by atoms with Crippen molar-refractivity contribution >= 4 is 35.5 Å². The van der Waals surface area contributed by atoms with Crippen molar-refractivity contribution in [1.29, 1.82) is 0 Å². The molecule has 0 spiro atoms. The first kappa shape index (κ1) is 18.1. The average molecular weight is 386 g/mol. The van der Waals surface area contributed by atoms with E-state index in [0.29, 0.717) is 22.3 Å². The molecule has 0 saturated carbocycles. The summed E-state index contributed by atoms with van der Waals surface area (Å²) >= 11 is 3.41. The number of allylic oxidation sites excluding steroid dienone is 2. The lowest BCUT2D eigenvalue weighted by Gasteiger charge is -2.34. The molecule has 0 amide bonds. The largest absolute Gasteiger partial charge is 0.294 e. The molecule has 0 heterocycles. The predicted octanol–water partition coefficient (Wildman–Crippen LogP) is 4.87. The summed E-state index contributed by atoms with van der Waals surface area (Å²) in [6.07, 6.45) is 11.8. The highest BCUT2D eigenvalue weighted by molar-refractivity contribution is 8.13. The molecule has 3 aliphatic carbocycles. The summed E-state index contributed by atoms with van der Waals surface area (Å²) in [5.41, 5.74) is 1.18. The molecule has 3 nitrogen and oxygen atoms in total. The number of ketones is 2. The van der Waals surface area contributed by atoms with Gasteiger partial charge in [-0.25, -0.2) is 4.13 Å². The molecule has 5 atom stereocenters. The first-order chi connectivity index (χ1) is 12.6. The fourth-order valence-electron chi connectivity index (χ4n) is 3.96. The number of benzene rings is 1. The number of fused-ring (bicyclic) bond motifs is 2. The van der Waals surface area contributed by atoms with Gasteiger partial charge in [0.05, 0.1) is 5.92 Å². The van der Waals surface area contributed by atoms with Gasteiger partial charge in [-0.2, -0.15) is 0 Å². The maximum absolute atomic E-state index is 12.9. The van der Waals surface area contributed by atoms with Gasteiger partial charge in [0.25, 0.3) is 0 Å². The van der Waals surface area contributed by atoms with Crippen molar-refractivity contribution in [3.63, 3.8) is 0 Å². The SMILES string of the molecule is CC1C=CC(SNSC2C=CC3C(=O)c4ccccc4C(=O)C3C2)CC1. The van der Waals surface area contributed by atoms with E-state index in [2.05, 4.69) is 29.3 Å². The van der Waals surface area contributed by atoms with Crippen LogP contribution in [0.5, 0.6) is 0 Å². The van der Waals surface area contributed by atoms with Gasteiger partial charge in [-0.1, -0.05) is 79.4 Å². The number of hydrogen-bond acceptors (Lipinski definition) is 5. The number of rotatable bonds is 4. The maximum Gasteiger partial charge on any atom is 0.171 e. The van der Waals surface area contributed by atoms with E-state index in [0.717, 1.165) is 6.42 Å². The Morgan fingerprint density at radius 3 is 2.31 bits per heavy atom. The van der Waals surface area contributed by atoms with Gasteiger partial charge in [-0.05, 0) is 25.2 Å². The van der Waals surface area contributed by atoms with Crippen LogP contribution in [0.15, 0.2) is 48.6 Å². The molecule has 0 aromatic heterocycles. The highest BCUT2D eigenvalue weighted by Gasteiger charge is 2.42. The second kappa shape index (κ2) is 7.75. The lowest BCUT2D eigenvalue weighted by Crippen LogP contribution is -2.39. The number of hydrogen-bond donors (Lipinski definition) is 1. The van der Waals surface area contributed by atoms with E-state index in [1.807, 2.05) is 18.2 Å². The van der Waals surface area contributed by atoms with E-state index in [9.17, 15) is 9.59 Å². The van der Waals surface area contributed by atoms with Crippen LogP contribution in [-0.2, 0) is 0 Å². The van der Waals surface area contributed by atoms with Crippen LogP contribution >= 0.6 is 23.9 Å². The van der Waals surface area contributed by atoms with Gasteiger partial charge < -0.3 is 0 Å². The fourth-order valence-corrected chi connectivity index (χ4v) is 6.06. The quantitative estimate of drug-likeness (QED) is 0.592. The molecule has 26 heavy (non-hydrogen) atoms. The van der Waals surface area contributed by atoms with Crippen LogP contribution in [-0.4, -0.2) is 22.1 Å². The molecule has 0 aliphatic heterocycles. The summed E-state index contributed by atoms with van der Waals surface area (Å²) in [5.74, 6) is 0.396. The van der Waals surface area contributed by atoms with Crippen LogP contribution in [0.3, 0.4) is 0 Å². The Hall–Kier alpha value is -1.30. The van der Waals surface area contributed by atoms with Crippen molar-refractivity contribution in [1.82, 2.24) is 4.13 Å². The van der Waals surface area contributed by atoms with Crippen molar-refractivity contribution < 1.29 is 9.59 Å². The van der Waals surface area contributed by atoms with E-state index in [1.165, 1.54) is 12.8 Å². The monoisotopic (exact) mass is 385 g/mol. The Kier molecular flexibility index (Phi) is 5.39. The first-order valence-electron chi connectivity index (χ1n) is 9.24. The predicted molar refractivity (Wildman–Crippen MR) is 109 cm³/mol. The zero-order chi connectivity index (χ0) is 18.1. The van der Waals surface area contributed by atoms with Gasteiger partial charge >= 0.3 is 0 Å². The number of carbonyl (C=O) groups is 2. The third kappa shape index (κ3) is 3.57. The van der Waals surface area contributed by atoms with Crippen molar-refractivity contribution in [2.45, 2.75) is 36.7 Å². The molecule has 0 saturated heterocycles. The smallest absolute Gasteiger partial charge is 0.171 e. The van der Waals surface area contributed by atoms with Crippen molar-refractivity contribution in [3.05, 3.63) is 59.7 Å². The standard InChI is InChI=1S/C21H23NO2S2/c1-13-6-8-14(9-7-13)25-22-26-15-10-11-18-19(12-15)21(24)17-5-3-2-4-16(17)20(18)23/h2-6,8,10-11,13-15,18-19,22H,7,9,12H2,1H3. The van der Waals surface area contributed by atoms with Crippen molar-refractivity contribution in [3.8, 4) is 0 Å². The molecule has 3 aliphatic rings. The first-order valence-corrected chi connectivity index (χ1v) is 11.0. The fraction of sp³-hybridized carbons (Fsp3) is 0.429. The summed E-state index contributed by atoms with van der Waals surface area (Å²) < 4.78 is 3.41. The van der Waals surface area contributed by atoms with E-state index >= 15 is 0 Å². The van der Waals surface area contributed by atoms with E-state index in [1.54, 1.807) is 36.0 Å². The minimum atomic E-state index is -0.287. The molecule has 136 valence electrons. The Morgan fingerprint density at radius 1 is 0.885 bits per heavy atom. The second-order valence-corrected chi connectivity index (χ2v) is 9.71. The lowest BCUT2D eigenvalue weighted by molar-refractivity contribution is 0.0757. The molecule has 5 unspecified atom stereocenters. The number of Topliss-reactive ketones (excluding diaryl/α,β-unsaturated/α-hetero) is 2. The molecular weight excluding hydrogens is 362 g/mol. The van der Waals surface area contributed by atoms with Crippen LogP contribution in [0.25, 0.3) is 0 Å². The minimum Gasteiger partial charge on any atom is -0.294 e. The molecule has 4 rings (SSSR count). The van der Waals surface area contributed by atoms with Crippen LogP contribution in [0.2, 0.25) is 0 Å². The molecule has 1 N–H and O–H groups in total. The highest BCUT2D eigenvalue weighted by Crippen LogP contribution is 2.39. The van der Waals surface area contributed by atoms with Crippen molar-refractivity contribution in [2.75, 3.05) is 0 Å². The minimum absolute atomic E-state index is 0.0914. The molecule has 1 aromatic carbocycles. The molecule has 0 radical (unpaired) electrons. The molecular formula is C21H23NO2S2. The Bertz CT molecular complexity index is 773. The van der Waals surface area contributed by atoms with Crippen LogP contribution in [0, 0.1) is 17.8 Å². The zero-order valence-electron chi connectivity index (χ0n) is 14.8. The van der Waals surface area contributed by atoms with Gasteiger partial charge in [0.15, 0.2) is 11.6 Å². The Morgan fingerprint density at radius 2 is 1.58 bits per heavy atom. The normalized spacial score (nSPS) is 33.0. The van der Waals surface area contributed by atoms with Gasteiger partial charge in [0, 0.05) is 27.5 Å². The summed E-state index contributed by atoms with van der Waals surface area (Å²) in [6, 6.07) is 7.23. The third-order valence-electron chi connectivity index (χ3n) is 5.51. The van der Waals surface area contributed by atoms with Gasteiger partial charge in [-0.3, -0.25) is 9.59 Å². The van der Waals surface area contributed by atoms with E-state index in [4.69, 9.17) is 0 Å². The number of nitrogens with one attached hydrogen (secondary N) is 1. The summed E-state index contributed by atoms with van der Waals surface area (Å²) in [7, 11) is 0. The third-order valence-corrected chi connectivity index (χ3v) is 7.63. The second-order valence-electron chi connectivity index (χ2n) is 7.36. The zero-order valence-corrected chi connectivity index (χ0v) is 16.4. The summed E-state index contributed by atoms with van der Waals surface area (Å²) in [5, 5.41) is 0.737. The lowest BCUT2D eigenvalue weighted by atomic mass is 9.70.